The molecule has 0 bridgehead atoms. The molecule has 0 spiro atoms. The Kier molecular flexibility index (Phi) is 0.862. The largest absolute Gasteiger partial charge is 0.282 e. The van der Waals surface area contributed by atoms with Crippen LogP contribution < -0.4 is 5.48 Å². The van der Waals surface area contributed by atoms with Crippen LogP contribution in [0.5, 0.6) is 0 Å². The predicted molar refractivity (Wildman–Crippen MR) is 17.6 cm³/mol. The van der Waals surface area contributed by atoms with Gasteiger partial charge in [-0.3, -0.25) is 4.84 Å². The molecule has 1 fully saturated rings. The molecule has 5 heavy (non-hydrogen) atoms. The average Bonchev–Trinajstić information content (AvgIpc) is 1.76. The lowest BCUT2D eigenvalue weighted by molar-refractivity contribution is 0.0942. The van der Waals surface area contributed by atoms with Crippen LogP contribution in [0.2, 0.25) is 0 Å². The van der Waals surface area contributed by atoms with Crippen LogP contribution in [-0.4, -0.2) is 13.2 Å². The Hall–Kier alpha value is -0.0800. The molecule has 1 saturated heterocycles. The van der Waals surface area contributed by atoms with Crippen LogP contribution in [0.25, 0.3) is 0 Å². The summed E-state index contributed by atoms with van der Waals surface area (Å²) in [6.07, 6.45) is 1.11. The molecular formula is C3H6NO. The fraction of sp³-hybridized carbons (Fsp3) is 1.00. The van der Waals surface area contributed by atoms with Crippen molar-refractivity contribution < 1.29 is 4.84 Å². The molecule has 1 aliphatic heterocycles. The van der Waals surface area contributed by atoms with Crippen molar-refractivity contribution in [3.63, 3.8) is 0 Å². The summed E-state index contributed by atoms with van der Waals surface area (Å²) >= 11 is 0. The van der Waals surface area contributed by atoms with Crippen LogP contribution in [0, 0.1) is 0 Å². The van der Waals surface area contributed by atoms with Gasteiger partial charge in [0.2, 0.25) is 0 Å². The maximum atomic E-state index is 4.57. The second kappa shape index (κ2) is 1.38. The average molecular weight is 72.1 g/mol. The normalized spacial score (nSPS) is 24.0. The highest BCUT2D eigenvalue weighted by Crippen LogP contribution is 1.86. The fourth-order valence-corrected chi connectivity index (χ4v) is 0.323. The summed E-state index contributed by atoms with van der Waals surface area (Å²) in [5.41, 5.74) is 3.58. The highest BCUT2D eigenvalue weighted by Gasteiger charge is 1.96. The molecule has 0 saturated carbocycles. The van der Waals surface area contributed by atoms with Crippen molar-refractivity contribution in [1.29, 1.82) is 0 Å². The summed E-state index contributed by atoms with van der Waals surface area (Å²) in [7, 11) is 0. The predicted octanol–water partition coefficient (Wildman–Crippen LogP) is -0.0739. The van der Waals surface area contributed by atoms with E-state index in [9.17, 15) is 0 Å². The Morgan fingerprint density at radius 1 is 1.60 bits per heavy atom. The summed E-state index contributed by atoms with van der Waals surface area (Å²) in [5, 5.41) is 0. The molecule has 1 rings (SSSR count). The molecule has 1 heterocycles. The third kappa shape index (κ3) is 0.597. The standard InChI is InChI=1S/C3H6NO/c1-2-4-5-3-1/h1-3H2. The Morgan fingerprint density at radius 3 is 2.80 bits per heavy atom. The second-order valence-corrected chi connectivity index (χ2v) is 1.04. The topological polar surface area (TPSA) is 23.3 Å². The molecule has 0 aliphatic carbocycles. The number of rotatable bonds is 0. The van der Waals surface area contributed by atoms with Gasteiger partial charge >= 0.3 is 0 Å². The van der Waals surface area contributed by atoms with Gasteiger partial charge in [-0.15, -0.1) is 0 Å². The smallest absolute Gasteiger partial charge is 0.0716 e. The zero-order chi connectivity index (χ0) is 3.54. The van der Waals surface area contributed by atoms with Gasteiger partial charge in [0, 0.05) is 6.54 Å². The summed E-state index contributed by atoms with van der Waals surface area (Å²) in [4.78, 5) is 4.57. The lowest BCUT2D eigenvalue weighted by Crippen LogP contribution is -1.90. The molecular weight excluding hydrogens is 66.0 g/mol. The van der Waals surface area contributed by atoms with E-state index in [0.717, 1.165) is 19.6 Å². The molecule has 1 radical (unpaired) electrons. The van der Waals surface area contributed by atoms with Crippen molar-refractivity contribution in [2.24, 2.45) is 0 Å². The van der Waals surface area contributed by atoms with Gasteiger partial charge < -0.3 is 0 Å². The summed E-state index contributed by atoms with van der Waals surface area (Å²) in [5.74, 6) is 0. The number of hydrogen-bond donors (Lipinski definition) is 0. The van der Waals surface area contributed by atoms with E-state index in [1.54, 1.807) is 0 Å². The molecule has 0 aromatic carbocycles. The monoisotopic (exact) mass is 72.0 g/mol. The van der Waals surface area contributed by atoms with Gasteiger partial charge in [-0.2, -0.15) is 0 Å². The van der Waals surface area contributed by atoms with Gasteiger partial charge in [-0.05, 0) is 6.42 Å². The lowest BCUT2D eigenvalue weighted by Gasteiger charge is -1.75. The molecule has 2 heteroatoms. The molecule has 1 aliphatic rings. The van der Waals surface area contributed by atoms with Crippen LogP contribution >= 0.6 is 0 Å². The highest BCUT2D eigenvalue weighted by atomic mass is 16.6. The van der Waals surface area contributed by atoms with Crippen LogP contribution in [-0.2, 0) is 4.84 Å². The summed E-state index contributed by atoms with van der Waals surface area (Å²) in [6.45, 7) is 1.74. The van der Waals surface area contributed by atoms with Gasteiger partial charge in [0.25, 0.3) is 0 Å². The molecule has 0 amide bonds. The fourth-order valence-electron chi connectivity index (χ4n) is 0.323. The van der Waals surface area contributed by atoms with Gasteiger partial charge in [-0.1, -0.05) is 5.48 Å². The van der Waals surface area contributed by atoms with Gasteiger partial charge in [0.15, 0.2) is 0 Å². The lowest BCUT2D eigenvalue weighted by atomic mass is 10.5. The molecule has 0 atom stereocenters. The zero-order valence-corrected chi connectivity index (χ0v) is 2.98. The minimum Gasteiger partial charge on any atom is -0.282 e. The molecule has 29 valence electrons. The Balaban J connectivity index is 2.08. The Morgan fingerprint density at radius 2 is 2.60 bits per heavy atom. The van der Waals surface area contributed by atoms with Crippen molar-refractivity contribution in [2.45, 2.75) is 6.42 Å². The first-order valence-electron chi connectivity index (χ1n) is 1.79. The van der Waals surface area contributed by atoms with E-state index >= 15 is 0 Å². The van der Waals surface area contributed by atoms with Crippen LogP contribution in [0.3, 0.4) is 0 Å². The Labute approximate surface area is 31.1 Å². The molecule has 0 aromatic rings. The summed E-state index contributed by atoms with van der Waals surface area (Å²) < 4.78 is 0. The van der Waals surface area contributed by atoms with E-state index in [1.807, 2.05) is 0 Å². The minimum atomic E-state index is 0.833. The maximum absolute atomic E-state index is 4.57. The van der Waals surface area contributed by atoms with Crippen molar-refractivity contribution in [2.75, 3.05) is 13.2 Å². The van der Waals surface area contributed by atoms with Gasteiger partial charge in [-0.25, -0.2) is 0 Å². The second-order valence-electron chi connectivity index (χ2n) is 1.04. The number of hydroxylamine groups is 1. The zero-order valence-electron chi connectivity index (χ0n) is 2.98. The number of nitrogens with zero attached hydrogens (tertiary/aromatic N) is 1. The van der Waals surface area contributed by atoms with Crippen molar-refractivity contribution >= 4 is 0 Å². The van der Waals surface area contributed by atoms with E-state index in [2.05, 4.69) is 10.3 Å². The van der Waals surface area contributed by atoms with Crippen LogP contribution in [0.15, 0.2) is 0 Å². The van der Waals surface area contributed by atoms with E-state index in [1.165, 1.54) is 0 Å². The van der Waals surface area contributed by atoms with Crippen LogP contribution in [0.1, 0.15) is 6.42 Å². The quantitative estimate of drug-likeness (QED) is 0.392. The SMILES string of the molecule is C1C[N]OC1. The molecule has 0 N–H and O–H groups in total. The number of hydrogen-bond acceptors (Lipinski definition) is 1. The van der Waals surface area contributed by atoms with Crippen molar-refractivity contribution in [3.05, 3.63) is 0 Å². The maximum Gasteiger partial charge on any atom is 0.0716 e. The van der Waals surface area contributed by atoms with Crippen molar-refractivity contribution in [1.82, 2.24) is 5.48 Å². The van der Waals surface area contributed by atoms with E-state index < -0.39 is 0 Å². The van der Waals surface area contributed by atoms with Crippen LogP contribution in [0.4, 0.5) is 0 Å². The highest BCUT2D eigenvalue weighted by molar-refractivity contribution is 4.40. The van der Waals surface area contributed by atoms with E-state index in [0.29, 0.717) is 0 Å². The van der Waals surface area contributed by atoms with Gasteiger partial charge in [0.1, 0.15) is 0 Å². The van der Waals surface area contributed by atoms with Gasteiger partial charge in [0.05, 0.1) is 6.61 Å². The third-order valence-electron chi connectivity index (χ3n) is 0.576. The summed E-state index contributed by atoms with van der Waals surface area (Å²) in [6, 6.07) is 0. The third-order valence-corrected chi connectivity index (χ3v) is 0.576. The first kappa shape index (κ1) is 3.12. The molecule has 0 aromatic heterocycles. The Bertz CT molecular complexity index is 18.5. The van der Waals surface area contributed by atoms with Crippen molar-refractivity contribution in [3.8, 4) is 0 Å². The molecule has 2 nitrogen and oxygen atoms in total. The first-order chi connectivity index (χ1) is 2.50. The first-order valence-corrected chi connectivity index (χ1v) is 1.79. The minimum absolute atomic E-state index is 0.833. The van der Waals surface area contributed by atoms with E-state index in [-0.39, 0.29) is 0 Å². The molecule has 0 unspecified atom stereocenters. The van der Waals surface area contributed by atoms with E-state index in [4.69, 9.17) is 0 Å².